The number of nitrogens with one attached hydrogen (secondary N) is 1. The SMILES string of the molecule is C[C@H](C[C@H](O)c1cccs1)NCc1cccs1. The minimum Gasteiger partial charge on any atom is -0.388 e. The van der Waals surface area contributed by atoms with Gasteiger partial charge in [0.2, 0.25) is 0 Å². The van der Waals surface area contributed by atoms with E-state index in [4.69, 9.17) is 0 Å². The van der Waals surface area contributed by atoms with Crippen molar-refractivity contribution in [1.82, 2.24) is 5.32 Å². The summed E-state index contributed by atoms with van der Waals surface area (Å²) in [4.78, 5) is 2.39. The second-order valence-corrected chi connectivity index (χ2v) is 6.14. The molecule has 2 nitrogen and oxygen atoms in total. The summed E-state index contributed by atoms with van der Waals surface area (Å²) in [6.45, 7) is 3.00. The second-order valence-electron chi connectivity index (χ2n) is 4.13. The molecule has 0 radical (unpaired) electrons. The van der Waals surface area contributed by atoms with Gasteiger partial charge >= 0.3 is 0 Å². The minimum atomic E-state index is -0.346. The van der Waals surface area contributed by atoms with Crippen molar-refractivity contribution in [1.29, 1.82) is 0 Å². The van der Waals surface area contributed by atoms with Crippen LogP contribution in [0.5, 0.6) is 0 Å². The van der Waals surface area contributed by atoms with Gasteiger partial charge in [-0.25, -0.2) is 0 Å². The molecule has 92 valence electrons. The maximum absolute atomic E-state index is 10.0. The summed E-state index contributed by atoms with van der Waals surface area (Å²) in [6, 6.07) is 8.47. The fourth-order valence-corrected chi connectivity index (χ4v) is 3.08. The third kappa shape index (κ3) is 3.92. The van der Waals surface area contributed by atoms with Crippen molar-refractivity contribution in [2.45, 2.75) is 32.0 Å². The Balaban J connectivity index is 1.75. The lowest BCUT2D eigenvalue weighted by atomic mass is 10.1. The van der Waals surface area contributed by atoms with Crippen molar-refractivity contribution < 1.29 is 5.11 Å². The van der Waals surface area contributed by atoms with Crippen LogP contribution < -0.4 is 5.32 Å². The van der Waals surface area contributed by atoms with E-state index < -0.39 is 0 Å². The average molecular weight is 267 g/mol. The molecule has 0 bridgehead atoms. The molecule has 0 saturated carbocycles. The monoisotopic (exact) mass is 267 g/mol. The van der Waals surface area contributed by atoms with Gasteiger partial charge in [-0.2, -0.15) is 0 Å². The van der Waals surface area contributed by atoms with Gasteiger partial charge in [-0.3, -0.25) is 0 Å². The Bertz CT molecular complexity index is 411. The van der Waals surface area contributed by atoms with Gasteiger partial charge in [-0.1, -0.05) is 12.1 Å². The van der Waals surface area contributed by atoms with Crippen LogP contribution in [0, 0.1) is 0 Å². The second kappa shape index (κ2) is 6.31. The summed E-state index contributed by atoms with van der Waals surface area (Å²) in [6.07, 6.45) is 0.409. The standard InChI is InChI=1S/C13H17NOS2/c1-10(14-9-11-4-2-6-16-11)8-12(15)13-5-3-7-17-13/h2-7,10,12,14-15H,8-9H2,1H3/t10-,12+/m1/s1. The Labute approximate surface area is 110 Å². The Kier molecular flexibility index (Phi) is 4.74. The molecule has 2 atom stereocenters. The lowest BCUT2D eigenvalue weighted by molar-refractivity contribution is 0.157. The Hall–Kier alpha value is -0.680. The molecule has 2 N–H and O–H groups in total. The molecule has 0 aliphatic rings. The summed E-state index contributed by atoms with van der Waals surface area (Å²) in [7, 11) is 0. The molecule has 0 saturated heterocycles. The number of aliphatic hydroxyl groups is 1. The van der Waals surface area contributed by atoms with Crippen LogP contribution in [-0.2, 0) is 6.54 Å². The maximum Gasteiger partial charge on any atom is 0.0896 e. The van der Waals surface area contributed by atoms with Gasteiger partial charge in [0.15, 0.2) is 0 Å². The molecule has 0 aliphatic heterocycles. The molecule has 0 spiro atoms. The van der Waals surface area contributed by atoms with Gasteiger partial charge in [-0.05, 0) is 36.2 Å². The zero-order valence-corrected chi connectivity index (χ0v) is 11.4. The Morgan fingerprint density at radius 2 is 2.00 bits per heavy atom. The van der Waals surface area contributed by atoms with Gasteiger partial charge in [0.05, 0.1) is 6.10 Å². The Morgan fingerprint density at radius 3 is 2.65 bits per heavy atom. The molecule has 17 heavy (non-hydrogen) atoms. The van der Waals surface area contributed by atoms with Gasteiger partial charge in [0.1, 0.15) is 0 Å². The summed E-state index contributed by atoms with van der Waals surface area (Å²) in [5, 5.41) is 17.5. The molecular formula is C13H17NOS2. The van der Waals surface area contributed by atoms with E-state index in [9.17, 15) is 5.11 Å². The predicted octanol–water partition coefficient (Wildman–Crippen LogP) is 3.41. The normalized spacial score (nSPS) is 14.7. The van der Waals surface area contributed by atoms with Crippen LogP contribution in [0.25, 0.3) is 0 Å². The van der Waals surface area contributed by atoms with E-state index >= 15 is 0 Å². The van der Waals surface area contributed by atoms with E-state index in [2.05, 4.69) is 29.8 Å². The third-order valence-corrected chi connectivity index (χ3v) is 4.50. The quantitative estimate of drug-likeness (QED) is 0.840. The number of thiophene rings is 2. The van der Waals surface area contributed by atoms with Crippen LogP contribution in [-0.4, -0.2) is 11.1 Å². The molecule has 0 unspecified atom stereocenters. The highest BCUT2D eigenvalue weighted by Gasteiger charge is 2.12. The fourth-order valence-electron chi connectivity index (χ4n) is 1.70. The lowest BCUT2D eigenvalue weighted by Crippen LogP contribution is -2.26. The van der Waals surface area contributed by atoms with Crippen molar-refractivity contribution in [2.75, 3.05) is 0 Å². The highest BCUT2D eigenvalue weighted by molar-refractivity contribution is 7.10. The van der Waals surface area contributed by atoms with Gasteiger partial charge in [0, 0.05) is 22.3 Å². The Morgan fingerprint density at radius 1 is 1.24 bits per heavy atom. The summed E-state index contributed by atoms with van der Waals surface area (Å²) in [5.41, 5.74) is 0. The molecule has 0 fully saturated rings. The first-order valence-electron chi connectivity index (χ1n) is 5.73. The zero-order chi connectivity index (χ0) is 12.1. The predicted molar refractivity (Wildman–Crippen MR) is 74.5 cm³/mol. The number of hydrogen-bond acceptors (Lipinski definition) is 4. The van der Waals surface area contributed by atoms with Crippen LogP contribution in [0.15, 0.2) is 35.0 Å². The van der Waals surface area contributed by atoms with Gasteiger partial charge in [0.25, 0.3) is 0 Å². The van der Waals surface area contributed by atoms with Crippen LogP contribution in [0.1, 0.15) is 29.2 Å². The molecule has 2 aromatic heterocycles. The highest BCUT2D eigenvalue weighted by Crippen LogP contribution is 2.23. The topological polar surface area (TPSA) is 32.3 Å². The van der Waals surface area contributed by atoms with E-state index in [1.54, 1.807) is 22.7 Å². The molecule has 2 aromatic rings. The van der Waals surface area contributed by atoms with Crippen LogP contribution >= 0.6 is 22.7 Å². The fraction of sp³-hybridized carbons (Fsp3) is 0.385. The number of aliphatic hydroxyl groups excluding tert-OH is 1. The van der Waals surface area contributed by atoms with Crippen molar-refractivity contribution in [3.63, 3.8) is 0 Å². The molecular weight excluding hydrogens is 250 g/mol. The van der Waals surface area contributed by atoms with E-state index in [-0.39, 0.29) is 6.10 Å². The minimum absolute atomic E-state index is 0.314. The van der Waals surface area contributed by atoms with E-state index in [0.717, 1.165) is 17.8 Å². The first kappa shape index (κ1) is 12.8. The smallest absolute Gasteiger partial charge is 0.0896 e. The molecule has 0 aromatic carbocycles. The third-order valence-electron chi connectivity index (χ3n) is 2.65. The molecule has 4 heteroatoms. The van der Waals surface area contributed by atoms with Crippen LogP contribution in [0.3, 0.4) is 0 Å². The molecule has 2 heterocycles. The molecule has 0 aliphatic carbocycles. The summed E-state index contributed by atoms with van der Waals surface area (Å²) in [5.74, 6) is 0. The maximum atomic E-state index is 10.0. The first-order valence-corrected chi connectivity index (χ1v) is 7.49. The summed E-state index contributed by atoms with van der Waals surface area (Å²) < 4.78 is 0. The highest BCUT2D eigenvalue weighted by atomic mass is 32.1. The van der Waals surface area contributed by atoms with Gasteiger partial charge in [-0.15, -0.1) is 22.7 Å². The lowest BCUT2D eigenvalue weighted by Gasteiger charge is -2.16. The van der Waals surface area contributed by atoms with Crippen LogP contribution in [0.4, 0.5) is 0 Å². The first-order chi connectivity index (χ1) is 8.25. The zero-order valence-electron chi connectivity index (χ0n) is 9.80. The van der Waals surface area contributed by atoms with E-state index in [0.29, 0.717) is 6.04 Å². The number of hydrogen-bond donors (Lipinski definition) is 2. The van der Waals surface area contributed by atoms with Crippen LogP contribution in [0.2, 0.25) is 0 Å². The van der Waals surface area contributed by atoms with Crippen molar-refractivity contribution in [3.8, 4) is 0 Å². The van der Waals surface area contributed by atoms with Crippen molar-refractivity contribution in [3.05, 3.63) is 44.8 Å². The molecule has 0 amide bonds. The van der Waals surface area contributed by atoms with Crippen molar-refractivity contribution >= 4 is 22.7 Å². The molecule has 2 rings (SSSR count). The summed E-state index contributed by atoms with van der Waals surface area (Å²) >= 11 is 3.37. The van der Waals surface area contributed by atoms with E-state index in [1.807, 2.05) is 17.5 Å². The van der Waals surface area contributed by atoms with E-state index in [1.165, 1.54) is 4.88 Å². The average Bonchev–Trinajstić information content (AvgIpc) is 2.99. The number of rotatable bonds is 6. The van der Waals surface area contributed by atoms with Crippen molar-refractivity contribution in [2.24, 2.45) is 0 Å². The van der Waals surface area contributed by atoms with Gasteiger partial charge < -0.3 is 10.4 Å². The largest absolute Gasteiger partial charge is 0.388 e.